The normalized spacial score (nSPS) is 19.2. The van der Waals surface area contributed by atoms with Crippen molar-refractivity contribution < 1.29 is 9.18 Å². The fourth-order valence-corrected chi connectivity index (χ4v) is 3.58. The molecule has 23 heavy (non-hydrogen) atoms. The van der Waals surface area contributed by atoms with E-state index in [4.69, 9.17) is 0 Å². The third-order valence-corrected chi connectivity index (χ3v) is 4.97. The molecule has 0 saturated carbocycles. The molecular formula is C18H26FN3O. The molecule has 0 spiro atoms. The number of hydrogen-bond donors (Lipinski definition) is 0. The van der Waals surface area contributed by atoms with Gasteiger partial charge in [-0.3, -0.25) is 4.79 Å². The van der Waals surface area contributed by atoms with E-state index in [1.807, 2.05) is 6.07 Å². The van der Waals surface area contributed by atoms with E-state index in [2.05, 4.69) is 28.5 Å². The number of hydrogen-bond acceptors (Lipinski definition) is 4. The second kappa shape index (κ2) is 6.87. The molecule has 5 heteroatoms. The number of Topliss-reactive ketones (excluding diaryl/α,β-unsaturated/α-hetero) is 1. The van der Waals surface area contributed by atoms with Gasteiger partial charge in [-0.1, -0.05) is 13.8 Å². The van der Waals surface area contributed by atoms with E-state index in [1.54, 1.807) is 0 Å². The Morgan fingerprint density at radius 1 is 1.04 bits per heavy atom. The molecule has 4 nitrogen and oxygen atoms in total. The number of carbonyl (C=O) groups is 1. The number of carbonyl (C=O) groups excluding carboxylic acids is 1. The summed E-state index contributed by atoms with van der Waals surface area (Å²) >= 11 is 0. The summed E-state index contributed by atoms with van der Waals surface area (Å²) in [6, 6.07) is 3.36. The van der Waals surface area contributed by atoms with Gasteiger partial charge in [0.15, 0.2) is 5.78 Å². The van der Waals surface area contributed by atoms with Crippen LogP contribution in [0, 0.1) is 5.82 Å². The highest BCUT2D eigenvalue weighted by Crippen LogP contribution is 2.34. The van der Waals surface area contributed by atoms with E-state index in [-0.39, 0.29) is 11.6 Å². The largest absolute Gasteiger partial charge is 0.370 e. The van der Waals surface area contributed by atoms with Crippen LogP contribution in [0.15, 0.2) is 12.1 Å². The van der Waals surface area contributed by atoms with Crippen LogP contribution in [-0.2, 0) is 0 Å². The van der Waals surface area contributed by atoms with E-state index in [0.717, 1.165) is 57.9 Å². The first-order valence-electron chi connectivity index (χ1n) is 8.73. The summed E-state index contributed by atoms with van der Waals surface area (Å²) in [7, 11) is 0. The van der Waals surface area contributed by atoms with Gasteiger partial charge in [-0.05, 0) is 25.1 Å². The first-order chi connectivity index (χ1) is 11.1. The minimum atomic E-state index is -0.264. The average molecular weight is 319 g/mol. The lowest BCUT2D eigenvalue weighted by molar-refractivity contribution is 0.0979. The van der Waals surface area contributed by atoms with Crippen molar-refractivity contribution >= 4 is 17.2 Å². The van der Waals surface area contributed by atoms with E-state index in [1.165, 1.54) is 6.07 Å². The molecule has 0 aromatic heterocycles. The monoisotopic (exact) mass is 319 g/mol. The number of anilines is 2. The van der Waals surface area contributed by atoms with Gasteiger partial charge >= 0.3 is 0 Å². The third kappa shape index (κ3) is 3.20. The van der Waals surface area contributed by atoms with Gasteiger partial charge in [-0.25, -0.2) is 4.39 Å². The molecule has 2 aliphatic rings. The second-order valence-corrected chi connectivity index (χ2v) is 6.40. The Labute approximate surface area is 137 Å². The van der Waals surface area contributed by atoms with Crippen LogP contribution >= 0.6 is 0 Å². The molecule has 0 atom stereocenters. The molecule has 1 fully saturated rings. The fraction of sp³-hybridized carbons (Fsp3) is 0.611. The predicted octanol–water partition coefficient (Wildman–Crippen LogP) is 2.77. The summed E-state index contributed by atoms with van der Waals surface area (Å²) in [4.78, 5) is 18.9. The van der Waals surface area contributed by atoms with Crippen molar-refractivity contribution in [1.29, 1.82) is 0 Å². The lowest BCUT2D eigenvalue weighted by atomic mass is 9.98. The van der Waals surface area contributed by atoms with Crippen LogP contribution in [0.4, 0.5) is 15.8 Å². The molecule has 0 amide bonds. The van der Waals surface area contributed by atoms with E-state index in [9.17, 15) is 9.18 Å². The number of piperazine rings is 1. The SMILES string of the molecule is CCCN1CCC(=O)c2cc(F)c(N3CCN(CC)CC3)cc21. The van der Waals surface area contributed by atoms with Crippen LogP contribution in [0.25, 0.3) is 0 Å². The number of fused-ring (bicyclic) bond motifs is 1. The summed E-state index contributed by atoms with van der Waals surface area (Å²) in [6.45, 7) is 10.6. The van der Waals surface area contributed by atoms with Gasteiger partial charge in [0.1, 0.15) is 5.82 Å². The number of nitrogens with zero attached hydrogens (tertiary/aromatic N) is 3. The van der Waals surface area contributed by atoms with Gasteiger partial charge in [-0.15, -0.1) is 0 Å². The van der Waals surface area contributed by atoms with E-state index in [0.29, 0.717) is 17.7 Å². The zero-order chi connectivity index (χ0) is 16.4. The summed E-state index contributed by atoms with van der Waals surface area (Å²) in [5, 5.41) is 0. The predicted molar refractivity (Wildman–Crippen MR) is 92.2 cm³/mol. The van der Waals surface area contributed by atoms with Gasteiger partial charge in [0.05, 0.1) is 5.69 Å². The summed E-state index contributed by atoms with van der Waals surface area (Å²) in [6.07, 6.45) is 1.51. The number of rotatable bonds is 4. The molecule has 1 aromatic carbocycles. The molecule has 0 N–H and O–H groups in total. The molecule has 0 unspecified atom stereocenters. The lowest BCUT2D eigenvalue weighted by Gasteiger charge is -2.37. The smallest absolute Gasteiger partial charge is 0.166 e. The molecular weight excluding hydrogens is 293 g/mol. The summed E-state index contributed by atoms with van der Waals surface area (Å²) in [5.74, 6) is -0.200. The topological polar surface area (TPSA) is 26.8 Å². The molecule has 0 bridgehead atoms. The van der Waals surface area contributed by atoms with Crippen LogP contribution in [0.3, 0.4) is 0 Å². The molecule has 0 radical (unpaired) electrons. The van der Waals surface area contributed by atoms with Crippen LogP contribution in [-0.4, -0.2) is 56.5 Å². The number of ketones is 1. The van der Waals surface area contributed by atoms with Crippen molar-refractivity contribution in [2.24, 2.45) is 0 Å². The zero-order valence-electron chi connectivity index (χ0n) is 14.1. The Morgan fingerprint density at radius 2 is 1.78 bits per heavy atom. The quantitative estimate of drug-likeness (QED) is 0.853. The Balaban J connectivity index is 1.90. The maximum Gasteiger partial charge on any atom is 0.166 e. The standard InChI is InChI=1S/C18H26FN3O/c1-3-6-21-7-5-18(23)14-12-15(19)17(13-16(14)21)22-10-8-20(4-2)9-11-22/h12-13H,3-11H2,1-2H3. The average Bonchev–Trinajstić information content (AvgIpc) is 2.57. The fourth-order valence-electron chi connectivity index (χ4n) is 3.58. The lowest BCUT2D eigenvalue weighted by Crippen LogP contribution is -2.46. The summed E-state index contributed by atoms with van der Waals surface area (Å²) in [5.41, 5.74) is 2.12. The Hall–Kier alpha value is -1.62. The van der Waals surface area contributed by atoms with Crippen molar-refractivity contribution in [3.05, 3.63) is 23.5 Å². The molecule has 0 aliphatic carbocycles. The van der Waals surface area contributed by atoms with E-state index >= 15 is 0 Å². The Bertz CT molecular complexity index is 582. The summed E-state index contributed by atoms with van der Waals surface area (Å²) < 4.78 is 14.6. The molecule has 126 valence electrons. The van der Waals surface area contributed by atoms with Crippen molar-refractivity contribution in [1.82, 2.24) is 4.90 Å². The molecule has 1 aromatic rings. The maximum atomic E-state index is 14.6. The van der Waals surface area contributed by atoms with Gasteiger partial charge in [0.25, 0.3) is 0 Å². The van der Waals surface area contributed by atoms with E-state index < -0.39 is 0 Å². The third-order valence-electron chi connectivity index (χ3n) is 4.97. The second-order valence-electron chi connectivity index (χ2n) is 6.40. The van der Waals surface area contributed by atoms with Crippen LogP contribution in [0.2, 0.25) is 0 Å². The van der Waals surface area contributed by atoms with Crippen molar-refractivity contribution in [2.45, 2.75) is 26.7 Å². The number of benzene rings is 1. The Kier molecular flexibility index (Phi) is 4.85. The number of likely N-dealkylation sites (N-methyl/N-ethyl adjacent to an activating group) is 1. The van der Waals surface area contributed by atoms with Crippen molar-refractivity contribution in [2.75, 3.05) is 55.6 Å². The molecule has 1 saturated heterocycles. The highest BCUT2D eigenvalue weighted by atomic mass is 19.1. The first kappa shape index (κ1) is 16.2. The first-order valence-corrected chi connectivity index (χ1v) is 8.73. The van der Waals surface area contributed by atoms with Crippen molar-refractivity contribution in [3.63, 3.8) is 0 Å². The van der Waals surface area contributed by atoms with Crippen LogP contribution in [0.1, 0.15) is 37.0 Å². The van der Waals surface area contributed by atoms with Gasteiger partial charge in [0.2, 0.25) is 0 Å². The molecule has 2 heterocycles. The van der Waals surface area contributed by atoms with Gasteiger partial charge in [-0.2, -0.15) is 0 Å². The molecule has 3 rings (SSSR count). The maximum absolute atomic E-state index is 14.6. The van der Waals surface area contributed by atoms with Crippen LogP contribution < -0.4 is 9.80 Å². The molecule has 2 aliphatic heterocycles. The highest BCUT2D eigenvalue weighted by molar-refractivity contribution is 6.04. The minimum Gasteiger partial charge on any atom is -0.370 e. The van der Waals surface area contributed by atoms with Gasteiger partial charge in [0, 0.05) is 56.9 Å². The number of halogens is 1. The Morgan fingerprint density at radius 3 is 2.43 bits per heavy atom. The highest BCUT2D eigenvalue weighted by Gasteiger charge is 2.27. The minimum absolute atomic E-state index is 0.0635. The van der Waals surface area contributed by atoms with Crippen molar-refractivity contribution in [3.8, 4) is 0 Å². The zero-order valence-corrected chi connectivity index (χ0v) is 14.1. The van der Waals surface area contributed by atoms with Crippen LogP contribution in [0.5, 0.6) is 0 Å². The van der Waals surface area contributed by atoms with Gasteiger partial charge < -0.3 is 14.7 Å².